The summed E-state index contributed by atoms with van der Waals surface area (Å²) in [6.07, 6.45) is 1.72. The number of halogens is 1. The van der Waals surface area contributed by atoms with E-state index in [1.165, 1.54) is 0 Å². The molecule has 0 N–H and O–H groups in total. The average Bonchev–Trinajstić information content (AvgIpc) is 2.77. The Morgan fingerprint density at radius 1 is 1.33 bits per heavy atom. The maximum atomic E-state index is 9.18. The zero-order chi connectivity index (χ0) is 13.1. The molecule has 0 amide bonds. The Labute approximate surface area is 119 Å². The van der Waals surface area contributed by atoms with Gasteiger partial charge in [0.1, 0.15) is 11.7 Å². The number of hydrogen-bond donors (Lipinski definition) is 0. The zero-order valence-electron chi connectivity index (χ0n) is 10.1. The molecule has 2 rings (SSSR count). The molecule has 2 aromatic rings. The first-order valence-electron chi connectivity index (χ1n) is 5.60. The molecule has 0 aromatic carbocycles. The van der Waals surface area contributed by atoms with E-state index in [2.05, 4.69) is 32.0 Å². The van der Waals surface area contributed by atoms with Crippen molar-refractivity contribution in [3.05, 3.63) is 34.0 Å². The molecular weight excluding hydrogens is 310 g/mol. The van der Waals surface area contributed by atoms with Crippen molar-refractivity contribution in [2.45, 2.75) is 19.8 Å². The molecule has 18 heavy (non-hydrogen) atoms. The smallest absolute Gasteiger partial charge is 0.146 e. The third-order valence-electron chi connectivity index (χ3n) is 2.58. The van der Waals surface area contributed by atoms with Gasteiger partial charge >= 0.3 is 0 Å². The van der Waals surface area contributed by atoms with Crippen molar-refractivity contribution in [1.82, 2.24) is 9.97 Å². The lowest BCUT2D eigenvalue weighted by atomic mass is 9.96. The van der Waals surface area contributed by atoms with Gasteiger partial charge in [-0.2, -0.15) is 5.26 Å². The van der Waals surface area contributed by atoms with Crippen molar-refractivity contribution in [2.75, 3.05) is 0 Å². The number of nitrogens with zero attached hydrogens (tertiary/aromatic N) is 3. The van der Waals surface area contributed by atoms with E-state index in [0.717, 1.165) is 14.4 Å². The standard InChI is InChI=1S/C13H12BrN3S/c1-8(2)9(7-15)13-16-6-5-10(17-13)11-3-4-12(14)18-11/h3-6,8-9H,1-2H3. The van der Waals surface area contributed by atoms with Crippen molar-refractivity contribution in [1.29, 1.82) is 5.26 Å². The van der Waals surface area contributed by atoms with Crippen molar-refractivity contribution in [3.8, 4) is 16.6 Å². The van der Waals surface area contributed by atoms with Gasteiger partial charge in [-0.1, -0.05) is 13.8 Å². The molecule has 0 bridgehead atoms. The van der Waals surface area contributed by atoms with E-state index in [4.69, 9.17) is 0 Å². The lowest BCUT2D eigenvalue weighted by Gasteiger charge is -2.11. The summed E-state index contributed by atoms with van der Waals surface area (Å²) in [6, 6.07) is 8.15. The quantitative estimate of drug-likeness (QED) is 0.849. The summed E-state index contributed by atoms with van der Waals surface area (Å²) in [6.45, 7) is 4.01. The number of hydrogen-bond acceptors (Lipinski definition) is 4. The number of rotatable bonds is 3. The second-order valence-electron chi connectivity index (χ2n) is 4.25. The molecule has 92 valence electrons. The Balaban J connectivity index is 2.39. The Hall–Kier alpha value is -1.25. The summed E-state index contributed by atoms with van der Waals surface area (Å²) in [5.74, 6) is 0.559. The van der Waals surface area contributed by atoms with Crippen molar-refractivity contribution in [2.24, 2.45) is 5.92 Å². The number of thiophene rings is 1. The van der Waals surface area contributed by atoms with E-state index in [1.807, 2.05) is 32.0 Å². The molecule has 0 saturated heterocycles. The van der Waals surface area contributed by atoms with Crippen molar-refractivity contribution < 1.29 is 0 Å². The fourth-order valence-corrected chi connectivity index (χ4v) is 2.97. The third kappa shape index (κ3) is 2.77. The molecule has 5 heteroatoms. The van der Waals surface area contributed by atoms with Crippen molar-refractivity contribution >= 4 is 27.3 Å². The molecule has 1 atom stereocenters. The van der Waals surface area contributed by atoms with Gasteiger partial charge in [-0.05, 0) is 40.0 Å². The summed E-state index contributed by atoms with van der Waals surface area (Å²) in [7, 11) is 0. The summed E-state index contributed by atoms with van der Waals surface area (Å²) >= 11 is 5.06. The summed E-state index contributed by atoms with van der Waals surface area (Å²) in [5, 5.41) is 9.18. The van der Waals surface area contributed by atoms with Crippen LogP contribution in [0.15, 0.2) is 28.2 Å². The van der Waals surface area contributed by atoms with Crippen LogP contribution in [0.5, 0.6) is 0 Å². The second-order valence-corrected chi connectivity index (χ2v) is 6.72. The molecular formula is C13H12BrN3S. The predicted molar refractivity (Wildman–Crippen MR) is 76.2 cm³/mol. The normalized spacial score (nSPS) is 12.4. The van der Waals surface area contributed by atoms with Crippen molar-refractivity contribution in [3.63, 3.8) is 0 Å². The first-order chi connectivity index (χ1) is 8.61. The van der Waals surface area contributed by atoms with Gasteiger partial charge in [0.25, 0.3) is 0 Å². The Morgan fingerprint density at radius 2 is 2.11 bits per heavy atom. The minimum atomic E-state index is -0.256. The van der Waals surface area contributed by atoms with Gasteiger partial charge in [-0.3, -0.25) is 0 Å². The van der Waals surface area contributed by atoms with Crippen LogP contribution in [-0.4, -0.2) is 9.97 Å². The fourth-order valence-electron chi connectivity index (χ4n) is 1.62. The minimum absolute atomic E-state index is 0.209. The number of aromatic nitrogens is 2. The molecule has 2 heterocycles. The van der Waals surface area contributed by atoms with Gasteiger partial charge in [0, 0.05) is 6.20 Å². The highest BCUT2D eigenvalue weighted by molar-refractivity contribution is 9.11. The zero-order valence-corrected chi connectivity index (χ0v) is 12.5. The monoisotopic (exact) mass is 321 g/mol. The molecule has 0 saturated carbocycles. The lowest BCUT2D eigenvalue weighted by Crippen LogP contribution is -2.08. The number of nitriles is 1. The molecule has 0 spiro atoms. The minimum Gasteiger partial charge on any atom is -0.240 e. The molecule has 0 aliphatic carbocycles. The van der Waals surface area contributed by atoms with Gasteiger partial charge in [-0.15, -0.1) is 11.3 Å². The Morgan fingerprint density at radius 3 is 2.67 bits per heavy atom. The predicted octanol–water partition coefficient (Wildman–Crippen LogP) is 4.23. The molecule has 0 aliphatic heterocycles. The van der Waals surface area contributed by atoms with E-state index in [-0.39, 0.29) is 11.8 Å². The van der Waals surface area contributed by atoms with Gasteiger partial charge in [-0.25, -0.2) is 9.97 Å². The van der Waals surface area contributed by atoms with Gasteiger partial charge < -0.3 is 0 Å². The maximum absolute atomic E-state index is 9.18. The molecule has 2 aromatic heterocycles. The van der Waals surface area contributed by atoms with Crippen LogP contribution in [0.2, 0.25) is 0 Å². The van der Waals surface area contributed by atoms with Crippen LogP contribution in [-0.2, 0) is 0 Å². The Bertz CT molecular complexity index is 586. The van der Waals surface area contributed by atoms with E-state index < -0.39 is 0 Å². The lowest BCUT2D eigenvalue weighted by molar-refractivity contribution is 0.562. The highest BCUT2D eigenvalue weighted by Crippen LogP contribution is 2.31. The van der Waals surface area contributed by atoms with Gasteiger partial charge in [0.05, 0.1) is 20.4 Å². The maximum Gasteiger partial charge on any atom is 0.146 e. The topological polar surface area (TPSA) is 49.6 Å². The molecule has 3 nitrogen and oxygen atoms in total. The van der Waals surface area contributed by atoms with Gasteiger partial charge in [0.15, 0.2) is 0 Å². The van der Waals surface area contributed by atoms with Crippen LogP contribution in [0, 0.1) is 17.2 Å². The largest absolute Gasteiger partial charge is 0.240 e. The van der Waals surface area contributed by atoms with E-state index >= 15 is 0 Å². The van der Waals surface area contributed by atoms with Crippen LogP contribution in [0.4, 0.5) is 0 Å². The summed E-state index contributed by atoms with van der Waals surface area (Å²) in [5.41, 5.74) is 0.872. The van der Waals surface area contributed by atoms with E-state index in [1.54, 1.807) is 17.5 Å². The fraction of sp³-hybridized carbons (Fsp3) is 0.308. The SMILES string of the molecule is CC(C)C(C#N)c1nccc(-c2ccc(Br)s2)n1. The van der Waals surface area contributed by atoms with E-state index in [0.29, 0.717) is 5.82 Å². The molecule has 0 aliphatic rings. The average molecular weight is 322 g/mol. The van der Waals surface area contributed by atoms with Crippen LogP contribution in [0.25, 0.3) is 10.6 Å². The molecule has 1 unspecified atom stereocenters. The van der Waals surface area contributed by atoms with Gasteiger partial charge in [0.2, 0.25) is 0 Å². The second kappa shape index (κ2) is 5.59. The van der Waals surface area contributed by atoms with Crippen LogP contribution < -0.4 is 0 Å². The van der Waals surface area contributed by atoms with Crippen LogP contribution in [0.1, 0.15) is 25.6 Å². The summed E-state index contributed by atoms with van der Waals surface area (Å²) < 4.78 is 1.07. The molecule has 0 radical (unpaired) electrons. The summed E-state index contributed by atoms with van der Waals surface area (Å²) in [4.78, 5) is 9.80. The first kappa shape index (κ1) is 13.2. The van der Waals surface area contributed by atoms with Crippen LogP contribution >= 0.6 is 27.3 Å². The van der Waals surface area contributed by atoms with E-state index in [9.17, 15) is 5.26 Å². The van der Waals surface area contributed by atoms with Crippen LogP contribution in [0.3, 0.4) is 0 Å². The Kier molecular flexibility index (Phi) is 4.10. The highest BCUT2D eigenvalue weighted by atomic mass is 79.9. The first-order valence-corrected chi connectivity index (χ1v) is 7.21. The molecule has 0 fully saturated rings. The highest BCUT2D eigenvalue weighted by Gasteiger charge is 2.18. The third-order valence-corrected chi connectivity index (χ3v) is 4.23.